The smallest absolute Gasteiger partial charge is 0.322 e. The van der Waals surface area contributed by atoms with Crippen molar-refractivity contribution in [1.82, 2.24) is 10.1 Å². The molecule has 6 heteroatoms. The number of carbonyl (C=O) groups is 1. The molecule has 0 spiro atoms. The number of anilines is 1. The van der Waals surface area contributed by atoms with E-state index in [1.165, 1.54) is 11.8 Å². The lowest BCUT2D eigenvalue weighted by molar-refractivity contribution is 0.207. The van der Waals surface area contributed by atoms with Crippen LogP contribution in [0.4, 0.5) is 10.5 Å². The van der Waals surface area contributed by atoms with E-state index < -0.39 is 0 Å². The topological polar surface area (TPSA) is 67.6 Å². The van der Waals surface area contributed by atoms with E-state index in [-0.39, 0.29) is 6.03 Å². The molecular weight excluding hydrogens is 342 g/mol. The number of piperidine rings is 1. The van der Waals surface area contributed by atoms with Gasteiger partial charge in [0, 0.05) is 13.1 Å². The van der Waals surface area contributed by atoms with Crippen LogP contribution in [0.1, 0.15) is 43.9 Å². The van der Waals surface area contributed by atoms with Crippen LogP contribution in [0.3, 0.4) is 0 Å². The summed E-state index contributed by atoms with van der Waals surface area (Å²) in [5.41, 5.74) is 3.13. The number of unbranched alkanes of at least 4 members (excludes halogenated alkanes) is 1. The maximum atomic E-state index is 12.4. The molecule has 0 saturated carbocycles. The molecule has 0 bridgehead atoms. The molecule has 1 aromatic carbocycles. The van der Waals surface area contributed by atoms with Crippen LogP contribution < -0.4 is 10.1 Å². The van der Waals surface area contributed by atoms with E-state index in [0.717, 1.165) is 43.6 Å². The van der Waals surface area contributed by atoms with E-state index in [1.807, 2.05) is 17.0 Å². The molecule has 0 unspecified atom stereocenters. The van der Waals surface area contributed by atoms with Gasteiger partial charge in [0.2, 0.25) is 0 Å². The number of likely N-dealkylation sites (tertiary alicyclic amines) is 1. The van der Waals surface area contributed by atoms with Crippen molar-refractivity contribution in [2.24, 2.45) is 0 Å². The first-order valence-electron chi connectivity index (χ1n) is 9.55. The molecule has 2 aromatic rings. The molecule has 2 amide bonds. The Morgan fingerprint density at radius 3 is 2.89 bits per heavy atom. The average molecular weight is 369 g/mol. The number of nitrogens with zero attached hydrogens (tertiary/aromatic N) is 2. The van der Waals surface area contributed by atoms with Crippen molar-refractivity contribution < 1.29 is 14.1 Å². The fraction of sp³-hybridized carbons (Fsp3) is 0.429. The summed E-state index contributed by atoms with van der Waals surface area (Å²) in [5.74, 6) is 1.53. The third-order valence-electron chi connectivity index (χ3n) is 4.68. The molecule has 0 radical (unpaired) electrons. The SMILES string of the molecule is CCCCOc1cccc(C=C2CCN(C(=O)Nc3cnoc3C)CC2)c1. The summed E-state index contributed by atoms with van der Waals surface area (Å²) in [6, 6.07) is 8.09. The summed E-state index contributed by atoms with van der Waals surface area (Å²) in [6.07, 6.45) is 7.68. The van der Waals surface area contributed by atoms with Crippen molar-refractivity contribution >= 4 is 17.8 Å². The fourth-order valence-corrected chi connectivity index (χ4v) is 3.02. The Hall–Kier alpha value is -2.76. The highest BCUT2D eigenvalue weighted by atomic mass is 16.5. The first-order valence-corrected chi connectivity index (χ1v) is 9.55. The van der Waals surface area contributed by atoms with E-state index in [4.69, 9.17) is 9.26 Å². The fourth-order valence-electron chi connectivity index (χ4n) is 3.02. The Bertz CT molecular complexity index is 787. The number of amides is 2. The van der Waals surface area contributed by atoms with E-state index in [1.54, 1.807) is 6.92 Å². The number of carbonyl (C=O) groups excluding carboxylic acids is 1. The number of aromatic nitrogens is 1. The molecule has 6 nitrogen and oxygen atoms in total. The number of rotatable bonds is 6. The molecule has 2 heterocycles. The number of ether oxygens (including phenoxy) is 1. The molecule has 0 aliphatic carbocycles. The minimum Gasteiger partial charge on any atom is -0.494 e. The van der Waals surface area contributed by atoms with Gasteiger partial charge in [0.05, 0.1) is 12.8 Å². The van der Waals surface area contributed by atoms with Crippen LogP contribution in [0.25, 0.3) is 6.08 Å². The van der Waals surface area contributed by atoms with Gasteiger partial charge in [0.1, 0.15) is 11.4 Å². The second-order valence-corrected chi connectivity index (χ2v) is 6.79. The van der Waals surface area contributed by atoms with Crippen LogP contribution in [-0.4, -0.2) is 35.8 Å². The lowest BCUT2D eigenvalue weighted by Crippen LogP contribution is -2.39. The molecular formula is C21H27N3O3. The number of hydrogen-bond donors (Lipinski definition) is 1. The van der Waals surface area contributed by atoms with Crippen LogP contribution in [0, 0.1) is 6.92 Å². The van der Waals surface area contributed by atoms with Gasteiger partial charge in [-0.15, -0.1) is 0 Å². The van der Waals surface area contributed by atoms with Gasteiger partial charge < -0.3 is 19.5 Å². The minimum atomic E-state index is -0.105. The first kappa shape index (κ1) is 19.0. The maximum Gasteiger partial charge on any atom is 0.322 e. The van der Waals surface area contributed by atoms with Crippen molar-refractivity contribution in [3.8, 4) is 5.75 Å². The van der Waals surface area contributed by atoms with Gasteiger partial charge in [-0.05, 0) is 43.9 Å². The van der Waals surface area contributed by atoms with E-state index in [9.17, 15) is 4.79 Å². The number of aryl methyl sites for hydroxylation is 1. The Balaban J connectivity index is 1.53. The standard InChI is InChI=1S/C21H27N3O3/c1-3-4-12-26-19-7-5-6-18(14-19)13-17-8-10-24(11-9-17)21(25)23-20-15-22-27-16(20)2/h5-7,13-15H,3-4,8-12H2,1-2H3,(H,23,25). The molecule has 1 N–H and O–H groups in total. The largest absolute Gasteiger partial charge is 0.494 e. The molecule has 1 aliphatic rings. The van der Waals surface area contributed by atoms with Gasteiger partial charge in [0.15, 0.2) is 5.76 Å². The summed E-state index contributed by atoms with van der Waals surface area (Å²) in [6.45, 7) is 6.10. The predicted molar refractivity (Wildman–Crippen MR) is 106 cm³/mol. The van der Waals surface area contributed by atoms with Crippen molar-refractivity contribution in [3.05, 3.63) is 47.4 Å². The lowest BCUT2D eigenvalue weighted by Gasteiger charge is -2.28. The van der Waals surface area contributed by atoms with E-state index >= 15 is 0 Å². The van der Waals surface area contributed by atoms with Gasteiger partial charge in [-0.3, -0.25) is 0 Å². The lowest BCUT2D eigenvalue weighted by atomic mass is 10.0. The average Bonchev–Trinajstić information content (AvgIpc) is 3.07. The monoisotopic (exact) mass is 369 g/mol. The molecule has 1 fully saturated rings. The van der Waals surface area contributed by atoms with Crippen molar-refractivity contribution in [2.45, 2.75) is 39.5 Å². The Kier molecular flexibility index (Phi) is 6.52. The van der Waals surface area contributed by atoms with E-state index in [2.05, 4.69) is 35.6 Å². The summed E-state index contributed by atoms with van der Waals surface area (Å²) in [5, 5.41) is 6.53. The summed E-state index contributed by atoms with van der Waals surface area (Å²) in [7, 11) is 0. The minimum absolute atomic E-state index is 0.105. The number of benzene rings is 1. The zero-order valence-electron chi connectivity index (χ0n) is 16.0. The van der Waals surface area contributed by atoms with Crippen LogP contribution in [0.15, 0.2) is 40.6 Å². The van der Waals surface area contributed by atoms with Gasteiger partial charge in [0.25, 0.3) is 0 Å². The quantitative estimate of drug-likeness (QED) is 0.738. The zero-order valence-corrected chi connectivity index (χ0v) is 16.0. The van der Waals surface area contributed by atoms with Crippen molar-refractivity contribution in [1.29, 1.82) is 0 Å². The van der Waals surface area contributed by atoms with Gasteiger partial charge in [-0.2, -0.15) is 0 Å². The summed E-state index contributed by atoms with van der Waals surface area (Å²) < 4.78 is 10.8. The Labute approximate surface area is 160 Å². The Morgan fingerprint density at radius 1 is 1.37 bits per heavy atom. The molecule has 1 aliphatic heterocycles. The summed E-state index contributed by atoms with van der Waals surface area (Å²) >= 11 is 0. The Morgan fingerprint density at radius 2 is 2.19 bits per heavy atom. The second kappa shape index (κ2) is 9.26. The van der Waals surface area contributed by atoms with Crippen molar-refractivity contribution in [3.63, 3.8) is 0 Å². The van der Waals surface area contributed by atoms with E-state index in [0.29, 0.717) is 24.5 Å². The van der Waals surface area contributed by atoms with Gasteiger partial charge >= 0.3 is 6.03 Å². The molecule has 144 valence electrons. The van der Waals surface area contributed by atoms with Crippen LogP contribution in [0.2, 0.25) is 0 Å². The van der Waals surface area contributed by atoms with Gasteiger partial charge in [-0.25, -0.2) is 4.79 Å². The highest BCUT2D eigenvalue weighted by Crippen LogP contribution is 2.23. The van der Waals surface area contributed by atoms with Crippen LogP contribution in [0.5, 0.6) is 5.75 Å². The zero-order chi connectivity index (χ0) is 19.1. The predicted octanol–water partition coefficient (Wildman–Crippen LogP) is 4.87. The van der Waals surface area contributed by atoms with Crippen LogP contribution in [-0.2, 0) is 0 Å². The molecule has 3 rings (SSSR count). The molecule has 1 aromatic heterocycles. The van der Waals surface area contributed by atoms with Gasteiger partial charge in [-0.1, -0.05) is 42.3 Å². The van der Waals surface area contributed by atoms with Crippen LogP contribution >= 0.6 is 0 Å². The second-order valence-electron chi connectivity index (χ2n) is 6.79. The van der Waals surface area contributed by atoms with Crippen molar-refractivity contribution in [2.75, 3.05) is 25.0 Å². The number of urea groups is 1. The normalized spacial score (nSPS) is 14.1. The highest BCUT2D eigenvalue weighted by molar-refractivity contribution is 5.89. The molecule has 0 atom stereocenters. The number of nitrogens with one attached hydrogen (secondary N) is 1. The molecule has 27 heavy (non-hydrogen) atoms. The summed E-state index contributed by atoms with van der Waals surface area (Å²) in [4.78, 5) is 14.2. The molecule has 1 saturated heterocycles. The third kappa shape index (κ3) is 5.36. The third-order valence-corrected chi connectivity index (χ3v) is 4.68. The highest BCUT2D eigenvalue weighted by Gasteiger charge is 2.20. The maximum absolute atomic E-state index is 12.4. The first-order chi connectivity index (χ1) is 13.2. The number of hydrogen-bond acceptors (Lipinski definition) is 4.